The number of carbonyl (C=O) groups is 1. The zero-order chi connectivity index (χ0) is 23.9. The molecule has 0 unspecified atom stereocenters. The smallest absolute Gasteiger partial charge is 0.346 e. The van der Waals surface area contributed by atoms with E-state index in [9.17, 15) is 9.59 Å². The van der Waals surface area contributed by atoms with Gasteiger partial charge in [0.15, 0.2) is 6.61 Å². The third-order valence-corrected chi connectivity index (χ3v) is 6.15. The van der Waals surface area contributed by atoms with E-state index < -0.39 is 0 Å². The number of hydrogen-bond acceptors (Lipinski definition) is 5. The molecule has 4 rings (SSSR count). The second-order valence-corrected chi connectivity index (χ2v) is 8.38. The normalized spacial score (nSPS) is 14.2. The summed E-state index contributed by atoms with van der Waals surface area (Å²) in [6, 6.07) is 17.2. The summed E-state index contributed by atoms with van der Waals surface area (Å²) in [5.41, 5.74) is 0.966. The van der Waals surface area contributed by atoms with Gasteiger partial charge in [-0.3, -0.25) is 9.36 Å². The molecule has 1 aromatic heterocycles. The second kappa shape index (κ2) is 11.0. The fourth-order valence-corrected chi connectivity index (χ4v) is 4.34. The van der Waals surface area contributed by atoms with E-state index in [0.29, 0.717) is 38.5 Å². The van der Waals surface area contributed by atoms with Crippen LogP contribution in [0.1, 0.15) is 44.0 Å². The SMILES string of the molecule is CCOc1ccc(OCC(=O)N2CCC(c3nn(Cc4ccccc4)c(=O)n3CC)CC2)cc1. The van der Waals surface area contributed by atoms with E-state index in [0.717, 1.165) is 30.0 Å². The molecule has 3 aromatic rings. The summed E-state index contributed by atoms with van der Waals surface area (Å²) >= 11 is 0. The molecule has 1 saturated heterocycles. The number of ether oxygens (including phenoxy) is 2. The zero-order valence-electron chi connectivity index (χ0n) is 19.9. The predicted octanol–water partition coefficient (Wildman–Crippen LogP) is 3.30. The van der Waals surface area contributed by atoms with Gasteiger partial charge in [-0.1, -0.05) is 30.3 Å². The first-order valence-corrected chi connectivity index (χ1v) is 11.9. The van der Waals surface area contributed by atoms with Crippen LogP contribution < -0.4 is 15.2 Å². The lowest BCUT2D eigenvalue weighted by atomic mass is 9.96. The zero-order valence-corrected chi connectivity index (χ0v) is 19.9. The average molecular weight is 465 g/mol. The molecule has 0 atom stereocenters. The lowest BCUT2D eigenvalue weighted by Gasteiger charge is -2.31. The van der Waals surface area contributed by atoms with E-state index in [1.165, 1.54) is 0 Å². The number of aromatic nitrogens is 3. The van der Waals surface area contributed by atoms with Crippen LogP contribution >= 0.6 is 0 Å². The van der Waals surface area contributed by atoms with Crippen molar-refractivity contribution in [1.82, 2.24) is 19.2 Å². The summed E-state index contributed by atoms with van der Waals surface area (Å²) in [5, 5.41) is 4.69. The molecular weight excluding hydrogens is 432 g/mol. The van der Waals surface area contributed by atoms with Gasteiger partial charge in [-0.25, -0.2) is 9.48 Å². The number of nitrogens with zero attached hydrogens (tertiary/aromatic N) is 4. The number of benzene rings is 2. The molecule has 180 valence electrons. The van der Waals surface area contributed by atoms with Gasteiger partial charge < -0.3 is 14.4 Å². The van der Waals surface area contributed by atoms with Crippen molar-refractivity contribution in [2.24, 2.45) is 0 Å². The van der Waals surface area contributed by atoms with E-state index >= 15 is 0 Å². The third kappa shape index (κ3) is 5.50. The molecule has 8 nitrogen and oxygen atoms in total. The molecule has 2 aromatic carbocycles. The fourth-order valence-electron chi connectivity index (χ4n) is 4.34. The van der Waals surface area contributed by atoms with Gasteiger partial charge in [-0.15, -0.1) is 0 Å². The molecule has 0 aliphatic carbocycles. The van der Waals surface area contributed by atoms with Crippen molar-refractivity contribution >= 4 is 5.91 Å². The molecular formula is C26H32N4O4. The highest BCUT2D eigenvalue weighted by Crippen LogP contribution is 2.26. The number of hydrogen-bond donors (Lipinski definition) is 0. The van der Waals surface area contributed by atoms with Crippen molar-refractivity contribution in [3.63, 3.8) is 0 Å². The number of amides is 1. The van der Waals surface area contributed by atoms with Crippen LogP contribution in [0.4, 0.5) is 0 Å². The number of rotatable bonds is 9. The fraction of sp³-hybridized carbons (Fsp3) is 0.423. The summed E-state index contributed by atoms with van der Waals surface area (Å²) in [6.07, 6.45) is 1.55. The summed E-state index contributed by atoms with van der Waals surface area (Å²) in [4.78, 5) is 27.4. The molecule has 0 radical (unpaired) electrons. The van der Waals surface area contributed by atoms with Crippen LogP contribution in [0.15, 0.2) is 59.4 Å². The summed E-state index contributed by atoms with van der Waals surface area (Å²) in [5.74, 6) is 2.36. The van der Waals surface area contributed by atoms with Gasteiger partial charge in [-0.2, -0.15) is 5.10 Å². The van der Waals surface area contributed by atoms with Crippen molar-refractivity contribution in [3.05, 3.63) is 76.5 Å². The van der Waals surface area contributed by atoms with E-state index in [1.54, 1.807) is 21.4 Å². The molecule has 8 heteroatoms. The topological polar surface area (TPSA) is 78.6 Å². The van der Waals surface area contributed by atoms with Gasteiger partial charge in [0, 0.05) is 25.6 Å². The molecule has 0 bridgehead atoms. The minimum absolute atomic E-state index is 0.00399. The molecule has 1 aliphatic rings. The van der Waals surface area contributed by atoms with Gasteiger partial charge in [0.05, 0.1) is 13.2 Å². The van der Waals surface area contributed by atoms with E-state index in [2.05, 4.69) is 0 Å². The maximum Gasteiger partial charge on any atom is 0.346 e. The van der Waals surface area contributed by atoms with Crippen LogP contribution in [-0.4, -0.2) is 51.5 Å². The Bertz CT molecular complexity index is 1130. The van der Waals surface area contributed by atoms with E-state index in [-0.39, 0.29) is 24.1 Å². The Labute approximate surface area is 199 Å². The third-order valence-electron chi connectivity index (χ3n) is 6.15. The quantitative estimate of drug-likeness (QED) is 0.486. The first-order chi connectivity index (χ1) is 16.6. The Morgan fingerprint density at radius 3 is 2.24 bits per heavy atom. The van der Waals surface area contributed by atoms with Gasteiger partial charge in [0.1, 0.15) is 17.3 Å². The highest BCUT2D eigenvalue weighted by Gasteiger charge is 2.28. The minimum Gasteiger partial charge on any atom is -0.494 e. The number of carbonyl (C=O) groups excluding carboxylic acids is 1. The summed E-state index contributed by atoms with van der Waals surface area (Å²) < 4.78 is 14.4. The molecule has 1 amide bonds. The lowest BCUT2D eigenvalue weighted by Crippen LogP contribution is -2.41. The molecule has 1 fully saturated rings. The highest BCUT2D eigenvalue weighted by molar-refractivity contribution is 5.77. The Morgan fingerprint density at radius 2 is 1.62 bits per heavy atom. The van der Waals surface area contributed by atoms with E-state index in [4.69, 9.17) is 14.6 Å². The van der Waals surface area contributed by atoms with Gasteiger partial charge in [-0.05, 0) is 56.5 Å². The number of likely N-dealkylation sites (tertiary alicyclic amines) is 1. The molecule has 0 N–H and O–H groups in total. The first-order valence-electron chi connectivity index (χ1n) is 11.9. The maximum atomic E-state index is 12.9. The van der Waals surface area contributed by atoms with Gasteiger partial charge >= 0.3 is 5.69 Å². The van der Waals surface area contributed by atoms with Crippen molar-refractivity contribution in [1.29, 1.82) is 0 Å². The molecule has 0 saturated carbocycles. The lowest BCUT2D eigenvalue weighted by molar-refractivity contribution is -0.134. The van der Waals surface area contributed by atoms with Crippen LogP contribution in [0.5, 0.6) is 11.5 Å². The predicted molar refractivity (Wildman–Crippen MR) is 129 cm³/mol. The standard InChI is InChI=1S/C26H32N4O4/c1-3-29-25(27-30(26(29)32)18-20-8-6-5-7-9-20)21-14-16-28(17-15-21)24(31)19-34-23-12-10-22(11-13-23)33-4-2/h5-13,21H,3-4,14-19H2,1-2H3. The Kier molecular flexibility index (Phi) is 7.67. The van der Waals surface area contributed by atoms with Crippen LogP contribution in [0.25, 0.3) is 0 Å². The summed E-state index contributed by atoms with van der Waals surface area (Å²) in [7, 11) is 0. The Hall–Kier alpha value is -3.55. The monoisotopic (exact) mass is 464 g/mol. The largest absolute Gasteiger partial charge is 0.494 e. The minimum atomic E-state index is -0.0800. The van der Waals surface area contributed by atoms with Crippen LogP contribution in [0, 0.1) is 0 Å². The van der Waals surface area contributed by atoms with Crippen molar-refractivity contribution < 1.29 is 14.3 Å². The van der Waals surface area contributed by atoms with Gasteiger partial charge in [0.25, 0.3) is 5.91 Å². The number of piperidine rings is 1. The van der Waals surface area contributed by atoms with Gasteiger partial charge in [0.2, 0.25) is 0 Å². The van der Waals surface area contributed by atoms with Crippen LogP contribution in [0.3, 0.4) is 0 Å². The first kappa shape index (κ1) is 23.6. The summed E-state index contributed by atoms with van der Waals surface area (Å²) in [6.45, 7) is 6.80. The molecule has 0 spiro atoms. The second-order valence-electron chi connectivity index (χ2n) is 8.38. The Morgan fingerprint density at radius 1 is 0.971 bits per heavy atom. The van der Waals surface area contributed by atoms with E-state index in [1.807, 2.05) is 61.2 Å². The highest BCUT2D eigenvalue weighted by atomic mass is 16.5. The molecule has 2 heterocycles. The van der Waals surface area contributed by atoms with Crippen molar-refractivity contribution in [3.8, 4) is 11.5 Å². The average Bonchev–Trinajstić information content (AvgIpc) is 3.19. The molecule has 1 aliphatic heterocycles. The maximum absolute atomic E-state index is 12.9. The molecule has 34 heavy (non-hydrogen) atoms. The van der Waals surface area contributed by atoms with Crippen LogP contribution in [0.2, 0.25) is 0 Å². The Balaban J connectivity index is 1.33. The van der Waals surface area contributed by atoms with Crippen molar-refractivity contribution in [2.45, 2.75) is 45.7 Å². The van der Waals surface area contributed by atoms with Crippen molar-refractivity contribution in [2.75, 3.05) is 26.3 Å². The van der Waals surface area contributed by atoms with Crippen LogP contribution in [-0.2, 0) is 17.9 Å².